The Kier molecular flexibility index (Phi) is 8.25. The Hall–Kier alpha value is -2.56. The van der Waals surface area contributed by atoms with Gasteiger partial charge in [0, 0.05) is 31.6 Å². The van der Waals surface area contributed by atoms with E-state index in [2.05, 4.69) is 46.9 Å². The molecule has 7 nitrogen and oxygen atoms in total. The third-order valence-electron chi connectivity index (χ3n) is 6.18. The van der Waals surface area contributed by atoms with Crippen molar-refractivity contribution in [2.45, 2.75) is 52.1 Å². The van der Waals surface area contributed by atoms with Gasteiger partial charge in [-0.25, -0.2) is 4.98 Å². The Bertz CT molecular complexity index is 986. The van der Waals surface area contributed by atoms with Crippen molar-refractivity contribution in [2.75, 3.05) is 63.2 Å². The van der Waals surface area contributed by atoms with E-state index < -0.39 is 0 Å². The van der Waals surface area contributed by atoms with Crippen LogP contribution in [-0.4, -0.2) is 74.0 Å². The van der Waals surface area contributed by atoms with Gasteiger partial charge in [-0.05, 0) is 71.2 Å². The number of ether oxygens (including phenoxy) is 2. The molecule has 0 amide bonds. The van der Waals surface area contributed by atoms with Gasteiger partial charge in [0.15, 0.2) is 0 Å². The second-order valence-corrected chi connectivity index (χ2v) is 9.12. The quantitative estimate of drug-likeness (QED) is 0.458. The van der Waals surface area contributed by atoms with Crippen LogP contribution in [-0.2, 0) is 4.74 Å². The van der Waals surface area contributed by atoms with Crippen molar-refractivity contribution in [3.8, 4) is 17.6 Å². The molecule has 0 atom stereocenters. The van der Waals surface area contributed by atoms with Crippen molar-refractivity contribution < 1.29 is 9.47 Å². The van der Waals surface area contributed by atoms with Gasteiger partial charge in [0.25, 0.3) is 0 Å². The van der Waals surface area contributed by atoms with Crippen molar-refractivity contribution in [3.63, 3.8) is 0 Å². The highest BCUT2D eigenvalue weighted by Gasteiger charge is 2.19. The maximum absolute atomic E-state index is 5.70. The minimum absolute atomic E-state index is 0.251. The topological polar surface area (TPSA) is 62.8 Å². The number of rotatable bonds is 9. The molecule has 1 N–H and O–H groups in total. The highest BCUT2D eigenvalue weighted by atomic mass is 16.5. The van der Waals surface area contributed by atoms with Crippen LogP contribution in [0.1, 0.15) is 51.5 Å². The van der Waals surface area contributed by atoms with Crippen LogP contribution in [0.5, 0.6) is 5.75 Å². The lowest BCUT2D eigenvalue weighted by atomic mass is 10.1. The molecule has 0 unspecified atom stereocenters. The number of methoxy groups -OCH3 is 1. The van der Waals surface area contributed by atoms with Gasteiger partial charge in [-0.15, -0.1) is 0 Å². The summed E-state index contributed by atoms with van der Waals surface area (Å²) in [5.41, 5.74) is 1.78. The average Bonchev–Trinajstić information content (AvgIpc) is 3.52. The number of benzene rings is 1. The molecule has 1 aromatic carbocycles. The lowest BCUT2D eigenvalue weighted by Crippen LogP contribution is -2.21. The average molecular weight is 452 g/mol. The Morgan fingerprint density at radius 2 is 1.82 bits per heavy atom. The third-order valence-corrected chi connectivity index (χ3v) is 6.18. The van der Waals surface area contributed by atoms with Gasteiger partial charge in [0.1, 0.15) is 11.6 Å². The monoisotopic (exact) mass is 451 g/mol. The summed E-state index contributed by atoms with van der Waals surface area (Å²) in [4.78, 5) is 14.5. The molecule has 2 saturated heterocycles. The Morgan fingerprint density at radius 3 is 2.55 bits per heavy atom. The zero-order valence-electron chi connectivity index (χ0n) is 20.3. The summed E-state index contributed by atoms with van der Waals surface area (Å²) in [6.45, 7) is 10.7. The van der Waals surface area contributed by atoms with E-state index in [1.807, 2.05) is 6.07 Å². The summed E-state index contributed by atoms with van der Waals surface area (Å²) < 4.78 is 11.4. The fourth-order valence-electron chi connectivity index (χ4n) is 4.39. The number of anilines is 2. The third kappa shape index (κ3) is 6.27. The molecular weight excluding hydrogens is 414 g/mol. The van der Waals surface area contributed by atoms with Crippen LogP contribution in [0.15, 0.2) is 12.1 Å². The fourth-order valence-corrected chi connectivity index (χ4v) is 4.39. The van der Waals surface area contributed by atoms with Gasteiger partial charge in [-0.2, -0.15) is 4.98 Å². The summed E-state index contributed by atoms with van der Waals surface area (Å²) in [5, 5.41) is 4.48. The van der Waals surface area contributed by atoms with Gasteiger partial charge < -0.3 is 19.7 Å². The maximum atomic E-state index is 5.70. The highest BCUT2D eigenvalue weighted by molar-refractivity contribution is 5.92. The van der Waals surface area contributed by atoms with Crippen molar-refractivity contribution >= 4 is 22.7 Å². The Morgan fingerprint density at radius 1 is 1.06 bits per heavy atom. The first-order chi connectivity index (χ1) is 16.1. The van der Waals surface area contributed by atoms with E-state index in [4.69, 9.17) is 19.4 Å². The normalized spacial score (nSPS) is 16.4. The summed E-state index contributed by atoms with van der Waals surface area (Å²) in [5.74, 6) is 9.08. The fraction of sp³-hybridized carbons (Fsp3) is 0.615. The Balaban J connectivity index is 1.60. The van der Waals surface area contributed by atoms with E-state index in [9.17, 15) is 0 Å². The zero-order valence-corrected chi connectivity index (χ0v) is 20.3. The van der Waals surface area contributed by atoms with Gasteiger partial charge in [-0.3, -0.25) is 4.90 Å². The number of hydrogen-bond acceptors (Lipinski definition) is 7. The molecule has 0 saturated carbocycles. The molecule has 2 aliphatic heterocycles. The van der Waals surface area contributed by atoms with Crippen LogP contribution < -0.4 is 15.0 Å². The molecule has 2 aromatic rings. The maximum Gasteiger partial charge on any atom is 0.227 e. The van der Waals surface area contributed by atoms with E-state index in [1.54, 1.807) is 7.11 Å². The minimum Gasteiger partial charge on any atom is -0.495 e. The van der Waals surface area contributed by atoms with E-state index in [-0.39, 0.29) is 6.10 Å². The SMILES string of the molecule is COc1cc2c(NCCCOC(C)C)nc(N3CCCC3)nc2cc1C#CCN1CCCC1. The molecule has 0 aliphatic carbocycles. The van der Waals surface area contributed by atoms with Crippen LogP contribution in [0, 0.1) is 11.8 Å². The van der Waals surface area contributed by atoms with E-state index >= 15 is 0 Å². The van der Waals surface area contributed by atoms with Crippen molar-refractivity contribution in [2.24, 2.45) is 0 Å². The zero-order chi connectivity index (χ0) is 23.0. The van der Waals surface area contributed by atoms with Gasteiger partial charge in [0.2, 0.25) is 5.95 Å². The molecule has 178 valence electrons. The number of likely N-dealkylation sites (tertiary alicyclic amines) is 1. The predicted molar refractivity (Wildman–Crippen MR) is 134 cm³/mol. The second-order valence-electron chi connectivity index (χ2n) is 9.12. The Labute approximate surface area is 197 Å². The molecular formula is C26H37N5O2. The summed E-state index contributed by atoms with van der Waals surface area (Å²) in [6, 6.07) is 4.08. The van der Waals surface area contributed by atoms with Gasteiger partial charge in [-0.1, -0.05) is 11.8 Å². The van der Waals surface area contributed by atoms with Crippen LogP contribution in [0.2, 0.25) is 0 Å². The van der Waals surface area contributed by atoms with Crippen molar-refractivity contribution in [1.82, 2.24) is 14.9 Å². The number of aromatic nitrogens is 2. The largest absolute Gasteiger partial charge is 0.495 e. The molecule has 2 aliphatic rings. The molecule has 4 rings (SSSR count). The number of nitrogens with one attached hydrogen (secondary N) is 1. The summed E-state index contributed by atoms with van der Waals surface area (Å²) in [6.07, 6.45) is 6.09. The smallest absolute Gasteiger partial charge is 0.227 e. The lowest BCUT2D eigenvalue weighted by molar-refractivity contribution is 0.0787. The van der Waals surface area contributed by atoms with Crippen LogP contribution in [0.25, 0.3) is 10.9 Å². The molecule has 3 heterocycles. The van der Waals surface area contributed by atoms with E-state index in [0.29, 0.717) is 0 Å². The van der Waals surface area contributed by atoms with Gasteiger partial charge >= 0.3 is 0 Å². The molecule has 2 fully saturated rings. The summed E-state index contributed by atoms with van der Waals surface area (Å²) in [7, 11) is 1.70. The van der Waals surface area contributed by atoms with Crippen LogP contribution in [0.3, 0.4) is 0 Å². The first kappa shape index (κ1) is 23.6. The van der Waals surface area contributed by atoms with E-state index in [1.165, 1.54) is 25.7 Å². The number of fused-ring (bicyclic) bond motifs is 1. The molecule has 0 radical (unpaired) electrons. The van der Waals surface area contributed by atoms with Gasteiger partial charge in [0.05, 0.1) is 30.8 Å². The highest BCUT2D eigenvalue weighted by Crippen LogP contribution is 2.31. The molecule has 33 heavy (non-hydrogen) atoms. The molecule has 0 spiro atoms. The molecule has 0 bridgehead atoms. The van der Waals surface area contributed by atoms with Crippen LogP contribution in [0.4, 0.5) is 11.8 Å². The van der Waals surface area contributed by atoms with E-state index in [0.717, 1.165) is 86.3 Å². The molecule has 1 aromatic heterocycles. The predicted octanol–water partition coefficient (Wildman–Crippen LogP) is 3.91. The first-order valence-electron chi connectivity index (χ1n) is 12.4. The summed E-state index contributed by atoms with van der Waals surface area (Å²) >= 11 is 0. The standard InChI is InChI=1S/C26H37N5O2/c1-20(2)33-17-9-11-27-25-22-19-24(32-3)21(10-8-14-30-12-4-5-13-30)18-23(22)28-26(29-25)31-15-6-7-16-31/h18-20H,4-7,9,11-17H2,1-3H3,(H,27,28,29). The number of nitrogens with zero attached hydrogens (tertiary/aromatic N) is 4. The second kappa shape index (κ2) is 11.5. The van der Waals surface area contributed by atoms with Crippen molar-refractivity contribution in [1.29, 1.82) is 0 Å². The first-order valence-corrected chi connectivity index (χ1v) is 12.4. The molecule has 7 heteroatoms. The van der Waals surface area contributed by atoms with Crippen molar-refractivity contribution in [3.05, 3.63) is 17.7 Å². The van der Waals surface area contributed by atoms with Crippen LogP contribution >= 0.6 is 0 Å². The minimum atomic E-state index is 0.251. The lowest BCUT2D eigenvalue weighted by Gasteiger charge is -2.18. The number of hydrogen-bond donors (Lipinski definition) is 1.